The van der Waals surface area contributed by atoms with Crippen molar-refractivity contribution in [3.05, 3.63) is 41.0 Å². The Labute approximate surface area is 112 Å². The molecule has 0 saturated carbocycles. The summed E-state index contributed by atoms with van der Waals surface area (Å²) in [5.41, 5.74) is 8.16. The van der Waals surface area contributed by atoms with Gasteiger partial charge in [-0.25, -0.2) is 0 Å². The smallest absolute Gasteiger partial charge is 0.223 e. The van der Waals surface area contributed by atoms with Gasteiger partial charge in [0.25, 0.3) is 0 Å². The van der Waals surface area contributed by atoms with Gasteiger partial charge in [-0.15, -0.1) is 0 Å². The van der Waals surface area contributed by atoms with Gasteiger partial charge in [-0.2, -0.15) is 4.98 Å². The first-order valence-corrected chi connectivity index (χ1v) is 6.31. The van der Waals surface area contributed by atoms with Gasteiger partial charge >= 0.3 is 0 Å². The van der Waals surface area contributed by atoms with Crippen molar-refractivity contribution in [1.29, 1.82) is 0 Å². The highest BCUT2D eigenvalue weighted by molar-refractivity contribution is 5.37. The summed E-state index contributed by atoms with van der Waals surface area (Å²) in [6, 6.07) is 6.17. The molecule has 0 aliphatic heterocycles. The van der Waals surface area contributed by atoms with Crippen LogP contribution in [0.1, 0.15) is 29.8 Å². The van der Waals surface area contributed by atoms with Crippen LogP contribution < -0.4 is 10.5 Å². The summed E-state index contributed by atoms with van der Waals surface area (Å²) in [5.74, 6) is 1.91. The Bertz CT molecular complexity index is 549. The SMILES string of the molecule is Cc1ccc(OCc2noc(C)n2)c(CC(C)N)c1. The first-order valence-electron chi connectivity index (χ1n) is 6.31. The highest BCUT2D eigenvalue weighted by Gasteiger charge is 2.09. The van der Waals surface area contributed by atoms with Crippen LogP contribution in [0.15, 0.2) is 22.7 Å². The molecule has 5 nitrogen and oxygen atoms in total. The van der Waals surface area contributed by atoms with Gasteiger partial charge in [0, 0.05) is 13.0 Å². The first kappa shape index (κ1) is 13.5. The second-order valence-electron chi connectivity index (χ2n) is 4.81. The predicted octanol–water partition coefficient (Wildman–Crippen LogP) is 2.16. The van der Waals surface area contributed by atoms with Crippen molar-refractivity contribution in [3.8, 4) is 5.75 Å². The first-order chi connectivity index (χ1) is 9.04. The number of benzene rings is 1. The number of ether oxygens (including phenoxy) is 1. The van der Waals surface area contributed by atoms with E-state index in [2.05, 4.69) is 23.1 Å². The van der Waals surface area contributed by atoms with Crippen LogP contribution in [0.4, 0.5) is 0 Å². The van der Waals surface area contributed by atoms with Crippen LogP contribution in [0.25, 0.3) is 0 Å². The van der Waals surface area contributed by atoms with Crippen molar-refractivity contribution in [2.75, 3.05) is 0 Å². The van der Waals surface area contributed by atoms with E-state index in [9.17, 15) is 0 Å². The molecule has 2 N–H and O–H groups in total. The van der Waals surface area contributed by atoms with Crippen molar-refractivity contribution in [3.63, 3.8) is 0 Å². The second kappa shape index (κ2) is 5.84. The summed E-state index contributed by atoms with van der Waals surface area (Å²) in [6.45, 7) is 6.09. The van der Waals surface area contributed by atoms with Crippen LogP contribution in [0.5, 0.6) is 5.75 Å². The maximum atomic E-state index is 5.86. The molecule has 1 heterocycles. The van der Waals surface area contributed by atoms with Crippen molar-refractivity contribution < 1.29 is 9.26 Å². The summed E-state index contributed by atoms with van der Waals surface area (Å²) in [4.78, 5) is 4.11. The third kappa shape index (κ3) is 3.79. The quantitative estimate of drug-likeness (QED) is 0.892. The van der Waals surface area contributed by atoms with Crippen LogP contribution in [0.2, 0.25) is 0 Å². The minimum absolute atomic E-state index is 0.0940. The zero-order chi connectivity index (χ0) is 13.8. The molecule has 19 heavy (non-hydrogen) atoms. The molecule has 0 amide bonds. The topological polar surface area (TPSA) is 74.2 Å². The van der Waals surface area contributed by atoms with E-state index in [-0.39, 0.29) is 6.04 Å². The van der Waals surface area contributed by atoms with Gasteiger partial charge in [0.1, 0.15) is 5.75 Å². The minimum atomic E-state index is 0.0940. The lowest BCUT2D eigenvalue weighted by atomic mass is 10.0. The number of hydrogen-bond donors (Lipinski definition) is 1. The molecular formula is C14H19N3O2. The fourth-order valence-corrected chi connectivity index (χ4v) is 1.90. The third-order valence-electron chi connectivity index (χ3n) is 2.68. The van der Waals surface area contributed by atoms with E-state index in [4.69, 9.17) is 15.0 Å². The van der Waals surface area contributed by atoms with Crippen molar-refractivity contribution in [1.82, 2.24) is 10.1 Å². The summed E-state index contributed by atoms with van der Waals surface area (Å²) in [5, 5.41) is 3.80. The van der Waals surface area contributed by atoms with E-state index < -0.39 is 0 Å². The Kier molecular flexibility index (Phi) is 4.16. The summed E-state index contributed by atoms with van der Waals surface area (Å²) in [6.07, 6.45) is 0.780. The predicted molar refractivity (Wildman–Crippen MR) is 71.9 cm³/mol. The largest absolute Gasteiger partial charge is 0.485 e. The molecule has 5 heteroatoms. The van der Waals surface area contributed by atoms with Crippen LogP contribution in [0.3, 0.4) is 0 Å². The lowest BCUT2D eigenvalue weighted by Gasteiger charge is -2.13. The Morgan fingerprint density at radius 1 is 1.37 bits per heavy atom. The number of rotatable bonds is 5. The van der Waals surface area contributed by atoms with E-state index >= 15 is 0 Å². The fraction of sp³-hybridized carbons (Fsp3) is 0.429. The lowest BCUT2D eigenvalue weighted by molar-refractivity contribution is 0.282. The normalized spacial score (nSPS) is 12.4. The van der Waals surface area contributed by atoms with Crippen LogP contribution >= 0.6 is 0 Å². The summed E-state index contributed by atoms with van der Waals surface area (Å²) >= 11 is 0. The Hall–Kier alpha value is -1.88. The standard InChI is InChI=1S/C14H19N3O2/c1-9-4-5-13(12(6-9)7-10(2)15)18-8-14-16-11(3)19-17-14/h4-6,10H,7-8,15H2,1-3H3. The van der Waals surface area contributed by atoms with Gasteiger partial charge in [-0.3, -0.25) is 0 Å². The average molecular weight is 261 g/mol. The molecule has 0 radical (unpaired) electrons. The van der Waals surface area contributed by atoms with Gasteiger partial charge in [0.2, 0.25) is 11.7 Å². The number of hydrogen-bond acceptors (Lipinski definition) is 5. The molecule has 102 valence electrons. The van der Waals surface area contributed by atoms with Crippen LogP contribution in [0, 0.1) is 13.8 Å². The molecule has 0 aliphatic rings. The van der Waals surface area contributed by atoms with E-state index in [1.807, 2.05) is 19.1 Å². The molecule has 1 aromatic carbocycles. The number of nitrogens with zero attached hydrogens (tertiary/aromatic N) is 2. The maximum Gasteiger partial charge on any atom is 0.223 e. The molecule has 2 rings (SSSR count). The van der Waals surface area contributed by atoms with Gasteiger partial charge in [-0.1, -0.05) is 22.9 Å². The van der Waals surface area contributed by atoms with E-state index in [0.29, 0.717) is 18.3 Å². The zero-order valence-electron chi connectivity index (χ0n) is 11.5. The molecule has 0 saturated heterocycles. The molecule has 0 spiro atoms. The van der Waals surface area contributed by atoms with Gasteiger partial charge < -0.3 is 15.0 Å². The molecule has 0 fully saturated rings. The molecule has 1 atom stereocenters. The van der Waals surface area contributed by atoms with E-state index in [0.717, 1.165) is 17.7 Å². The third-order valence-corrected chi connectivity index (χ3v) is 2.68. The average Bonchev–Trinajstić information content (AvgIpc) is 2.73. The van der Waals surface area contributed by atoms with Gasteiger partial charge in [0.15, 0.2) is 6.61 Å². The second-order valence-corrected chi connectivity index (χ2v) is 4.81. The van der Waals surface area contributed by atoms with E-state index in [1.54, 1.807) is 6.92 Å². The maximum absolute atomic E-state index is 5.86. The molecule has 1 unspecified atom stereocenters. The molecule has 0 aliphatic carbocycles. The molecule has 2 aromatic rings. The van der Waals surface area contributed by atoms with Crippen LogP contribution in [-0.2, 0) is 13.0 Å². The highest BCUT2D eigenvalue weighted by atomic mass is 16.5. The molecule has 1 aromatic heterocycles. The van der Waals surface area contributed by atoms with Gasteiger partial charge in [0.05, 0.1) is 0 Å². The van der Waals surface area contributed by atoms with Gasteiger partial charge in [-0.05, 0) is 31.9 Å². The van der Waals surface area contributed by atoms with Crippen molar-refractivity contribution in [2.45, 2.75) is 39.8 Å². The number of aromatic nitrogens is 2. The van der Waals surface area contributed by atoms with Crippen molar-refractivity contribution in [2.24, 2.45) is 5.73 Å². The number of nitrogens with two attached hydrogens (primary N) is 1. The lowest BCUT2D eigenvalue weighted by Crippen LogP contribution is -2.18. The fourth-order valence-electron chi connectivity index (χ4n) is 1.90. The minimum Gasteiger partial charge on any atom is -0.485 e. The number of aryl methyl sites for hydroxylation is 2. The Morgan fingerprint density at radius 2 is 2.16 bits per heavy atom. The van der Waals surface area contributed by atoms with E-state index in [1.165, 1.54) is 5.56 Å². The van der Waals surface area contributed by atoms with Crippen LogP contribution in [-0.4, -0.2) is 16.2 Å². The van der Waals surface area contributed by atoms with Crippen molar-refractivity contribution >= 4 is 0 Å². The Balaban J connectivity index is 2.10. The highest BCUT2D eigenvalue weighted by Crippen LogP contribution is 2.22. The monoisotopic (exact) mass is 261 g/mol. The Morgan fingerprint density at radius 3 is 2.79 bits per heavy atom. The summed E-state index contributed by atoms with van der Waals surface area (Å²) < 4.78 is 10.7. The summed E-state index contributed by atoms with van der Waals surface area (Å²) in [7, 11) is 0. The molecular weight excluding hydrogens is 242 g/mol. The zero-order valence-corrected chi connectivity index (χ0v) is 11.5. The molecule has 0 bridgehead atoms.